The van der Waals surface area contributed by atoms with Crippen molar-refractivity contribution in [2.24, 2.45) is 4.99 Å². The van der Waals surface area contributed by atoms with E-state index in [1.807, 2.05) is 80.6 Å². The SMILES string of the molecule is COC(=O)C1=C(C)N=c2s/c(=C\C=C/c3ccccc3)c(=O)n2C1c1ccccc1OC(C)C. The molecule has 1 aliphatic rings. The average Bonchev–Trinajstić information content (AvgIpc) is 3.13. The predicted molar refractivity (Wildman–Crippen MR) is 134 cm³/mol. The molecule has 0 bridgehead atoms. The third kappa shape index (κ3) is 4.65. The quantitative estimate of drug-likeness (QED) is 0.509. The monoisotopic (exact) mass is 474 g/mol. The maximum atomic E-state index is 13.6. The van der Waals surface area contributed by atoms with Crippen molar-refractivity contribution in [2.45, 2.75) is 32.9 Å². The lowest BCUT2D eigenvalue weighted by Crippen LogP contribution is -2.40. The fourth-order valence-electron chi connectivity index (χ4n) is 3.88. The molecular weight excluding hydrogens is 448 g/mol. The van der Waals surface area contributed by atoms with Crippen molar-refractivity contribution in [3.8, 4) is 5.75 Å². The molecule has 174 valence electrons. The van der Waals surface area contributed by atoms with Crippen LogP contribution in [-0.2, 0) is 9.53 Å². The van der Waals surface area contributed by atoms with Gasteiger partial charge in [-0.25, -0.2) is 9.79 Å². The molecule has 1 unspecified atom stereocenters. The molecule has 1 atom stereocenters. The second kappa shape index (κ2) is 10.1. The lowest BCUT2D eigenvalue weighted by Gasteiger charge is -2.26. The number of hydrogen-bond donors (Lipinski definition) is 0. The number of para-hydroxylation sites is 1. The minimum absolute atomic E-state index is 0.0771. The van der Waals surface area contributed by atoms with E-state index in [1.54, 1.807) is 17.6 Å². The van der Waals surface area contributed by atoms with Gasteiger partial charge < -0.3 is 9.47 Å². The molecule has 4 rings (SSSR count). The number of fused-ring (bicyclic) bond motifs is 1. The van der Waals surface area contributed by atoms with Gasteiger partial charge in [-0.05, 0) is 38.5 Å². The zero-order chi connectivity index (χ0) is 24.2. The van der Waals surface area contributed by atoms with Crippen molar-refractivity contribution < 1.29 is 14.3 Å². The first kappa shape index (κ1) is 23.4. The zero-order valence-corrected chi connectivity index (χ0v) is 20.3. The molecule has 3 aromatic rings. The Labute approximate surface area is 201 Å². The predicted octanol–water partition coefficient (Wildman–Crippen LogP) is 3.86. The van der Waals surface area contributed by atoms with Crippen LogP contribution in [0.15, 0.2) is 81.7 Å². The molecule has 2 heterocycles. The van der Waals surface area contributed by atoms with Gasteiger partial charge in [0, 0.05) is 5.56 Å². The van der Waals surface area contributed by atoms with E-state index in [1.165, 1.54) is 18.4 Å². The molecule has 0 radical (unpaired) electrons. The van der Waals surface area contributed by atoms with Crippen molar-refractivity contribution in [3.63, 3.8) is 0 Å². The van der Waals surface area contributed by atoms with Crippen LogP contribution in [0, 0.1) is 0 Å². The number of aromatic nitrogens is 1. The molecule has 0 amide bonds. The van der Waals surface area contributed by atoms with Crippen LogP contribution in [0.3, 0.4) is 0 Å². The Kier molecular flexibility index (Phi) is 6.93. The van der Waals surface area contributed by atoms with Crippen LogP contribution < -0.4 is 19.6 Å². The molecule has 2 aromatic carbocycles. The lowest BCUT2D eigenvalue weighted by atomic mass is 9.95. The number of methoxy groups -OCH3 is 1. The second-order valence-electron chi connectivity index (χ2n) is 8.07. The van der Waals surface area contributed by atoms with E-state index in [-0.39, 0.29) is 11.7 Å². The number of rotatable bonds is 6. The molecular formula is C27H26N2O4S. The van der Waals surface area contributed by atoms with Gasteiger partial charge in [0.25, 0.3) is 5.56 Å². The third-order valence-corrected chi connectivity index (χ3v) is 6.34. The number of benzene rings is 2. The first-order chi connectivity index (χ1) is 16.4. The largest absolute Gasteiger partial charge is 0.491 e. The summed E-state index contributed by atoms with van der Waals surface area (Å²) in [6, 6.07) is 16.6. The smallest absolute Gasteiger partial charge is 0.338 e. The van der Waals surface area contributed by atoms with E-state index in [0.717, 1.165) is 5.56 Å². The summed E-state index contributed by atoms with van der Waals surface area (Å²) in [6.45, 7) is 5.63. The van der Waals surface area contributed by atoms with Gasteiger partial charge in [0.1, 0.15) is 11.8 Å². The summed E-state index contributed by atoms with van der Waals surface area (Å²) >= 11 is 1.29. The van der Waals surface area contributed by atoms with Crippen LogP contribution in [-0.4, -0.2) is 23.8 Å². The highest BCUT2D eigenvalue weighted by molar-refractivity contribution is 7.07. The number of ether oxygens (including phenoxy) is 2. The van der Waals surface area contributed by atoms with E-state index < -0.39 is 12.0 Å². The fraction of sp³-hybridized carbons (Fsp3) is 0.222. The Morgan fingerprint density at radius 1 is 1.12 bits per heavy atom. The number of hydrogen-bond acceptors (Lipinski definition) is 6. The summed E-state index contributed by atoms with van der Waals surface area (Å²) in [5.74, 6) is 0.0843. The minimum atomic E-state index is -0.709. The summed E-state index contributed by atoms with van der Waals surface area (Å²) in [6.07, 6.45) is 5.49. The number of allylic oxidation sites excluding steroid dienone is 2. The number of thiazole rings is 1. The van der Waals surface area contributed by atoms with Gasteiger partial charge in [-0.2, -0.15) is 0 Å². The topological polar surface area (TPSA) is 69.9 Å². The molecule has 1 aliphatic heterocycles. The Balaban J connectivity index is 1.90. The second-order valence-corrected chi connectivity index (χ2v) is 9.08. The van der Waals surface area contributed by atoms with Crippen LogP contribution in [0.5, 0.6) is 5.75 Å². The van der Waals surface area contributed by atoms with Crippen molar-refractivity contribution in [1.82, 2.24) is 4.57 Å². The molecule has 0 spiro atoms. The Morgan fingerprint density at radius 3 is 2.53 bits per heavy atom. The van der Waals surface area contributed by atoms with Crippen molar-refractivity contribution >= 4 is 29.5 Å². The van der Waals surface area contributed by atoms with Gasteiger partial charge in [-0.1, -0.05) is 72.0 Å². The summed E-state index contributed by atoms with van der Waals surface area (Å²) in [5, 5.41) is 0. The van der Waals surface area contributed by atoms with Crippen molar-refractivity contribution in [2.75, 3.05) is 7.11 Å². The number of carbonyl (C=O) groups is 1. The molecule has 0 N–H and O–H groups in total. The standard InChI is InChI=1S/C27H26N2O4S/c1-17(2)33-21-15-9-8-14-20(21)24-23(26(31)32-4)18(3)28-27-29(24)25(30)22(34-27)16-10-13-19-11-6-5-7-12-19/h5-17,24H,1-4H3/b13-10-,22-16-. The van der Waals surface area contributed by atoms with Gasteiger partial charge in [-0.15, -0.1) is 0 Å². The highest BCUT2D eigenvalue weighted by Crippen LogP contribution is 2.36. The van der Waals surface area contributed by atoms with E-state index in [2.05, 4.69) is 4.99 Å². The summed E-state index contributed by atoms with van der Waals surface area (Å²) in [7, 11) is 1.33. The highest BCUT2D eigenvalue weighted by atomic mass is 32.1. The molecule has 7 heteroatoms. The Bertz CT molecular complexity index is 1450. The maximum absolute atomic E-state index is 13.6. The number of nitrogens with zero attached hydrogens (tertiary/aromatic N) is 2. The van der Waals surface area contributed by atoms with Crippen molar-refractivity contribution in [3.05, 3.63) is 103 Å². The van der Waals surface area contributed by atoms with Gasteiger partial charge >= 0.3 is 5.97 Å². The highest BCUT2D eigenvalue weighted by Gasteiger charge is 2.34. The summed E-state index contributed by atoms with van der Waals surface area (Å²) < 4.78 is 13.2. The average molecular weight is 475 g/mol. The van der Waals surface area contributed by atoms with Crippen LogP contribution in [0.4, 0.5) is 0 Å². The fourth-order valence-corrected chi connectivity index (χ4v) is 4.88. The van der Waals surface area contributed by atoms with E-state index in [4.69, 9.17) is 9.47 Å². The zero-order valence-electron chi connectivity index (χ0n) is 19.5. The lowest BCUT2D eigenvalue weighted by molar-refractivity contribution is -0.136. The van der Waals surface area contributed by atoms with Crippen molar-refractivity contribution in [1.29, 1.82) is 0 Å². The van der Waals surface area contributed by atoms with Gasteiger partial charge in [0.2, 0.25) is 0 Å². The van der Waals surface area contributed by atoms with Crippen LogP contribution >= 0.6 is 11.3 Å². The normalized spacial score (nSPS) is 16.0. The molecule has 0 aliphatic carbocycles. The summed E-state index contributed by atoms with van der Waals surface area (Å²) in [4.78, 5) is 31.5. The van der Waals surface area contributed by atoms with Crippen LogP contribution in [0.1, 0.15) is 37.9 Å². The number of carbonyl (C=O) groups excluding carboxylic acids is 1. The van der Waals surface area contributed by atoms with Gasteiger partial charge in [0.15, 0.2) is 4.80 Å². The minimum Gasteiger partial charge on any atom is -0.491 e. The first-order valence-corrected chi connectivity index (χ1v) is 11.8. The molecule has 34 heavy (non-hydrogen) atoms. The third-order valence-electron chi connectivity index (χ3n) is 5.34. The van der Waals surface area contributed by atoms with E-state index >= 15 is 0 Å². The van der Waals surface area contributed by atoms with Crippen LogP contribution in [0.25, 0.3) is 12.2 Å². The molecule has 1 aromatic heterocycles. The van der Waals surface area contributed by atoms with Gasteiger partial charge in [0.05, 0.1) is 29.0 Å². The molecule has 6 nitrogen and oxygen atoms in total. The van der Waals surface area contributed by atoms with Gasteiger partial charge in [-0.3, -0.25) is 9.36 Å². The van der Waals surface area contributed by atoms with E-state index in [0.29, 0.717) is 31.9 Å². The Hall–Kier alpha value is -3.71. The first-order valence-electron chi connectivity index (χ1n) is 11.0. The Morgan fingerprint density at radius 2 is 1.82 bits per heavy atom. The summed E-state index contributed by atoms with van der Waals surface area (Å²) in [5.41, 5.74) is 2.36. The number of esters is 1. The molecule has 0 fully saturated rings. The van der Waals surface area contributed by atoms with E-state index in [9.17, 15) is 9.59 Å². The maximum Gasteiger partial charge on any atom is 0.338 e. The molecule has 0 saturated carbocycles. The molecule has 0 saturated heterocycles. The van der Waals surface area contributed by atoms with Crippen LogP contribution in [0.2, 0.25) is 0 Å².